The second kappa shape index (κ2) is 8.68. The minimum atomic E-state index is 0. The van der Waals surface area contributed by atoms with E-state index < -0.39 is 0 Å². The van der Waals surface area contributed by atoms with Gasteiger partial charge in [-0.3, -0.25) is 4.68 Å². The Balaban J connectivity index is 0.00000225. The Morgan fingerprint density at radius 2 is 2.24 bits per heavy atom. The van der Waals surface area contributed by atoms with Crippen LogP contribution in [0.3, 0.4) is 0 Å². The SMILES string of the molecule is CCNC(=NCc1c(C)noc1C)N1CCC(c2cnn(C)c2)C1.I. The largest absolute Gasteiger partial charge is 0.361 e. The van der Waals surface area contributed by atoms with Gasteiger partial charge in [0, 0.05) is 44.4 Å². The zero-order chi connectivity index (χ0) is 17.1. The Labute approximate surface area is 165 Å². The van der Waals surface area contributed by atoms with E-state index in [-0.39, 0.29) is 24.0 Å². The summed E-state index contributed by atoms with van der Waals surface area (Å²) in [5.41, 5.74) is 3.30. The molecule has 2 aromatic rings. The van der Waals surface area contributed by atoms with E-state index in [0.29, 0.717) is 12.5 Å². The van der Waals surface area contributed by atoms with Gasteiger partial charge in [-0.2, -0.15) is 5.10 Å². The molecular weight excluding hydrogens is 431 g/mol. The number of likely N-dealkylation sites (tertiary alicyclic amines) is 1. The molecule has 7 nitrogen and oxygen atoms in total. The summed E-state index contributed by atoms with van der Waals surface area (Å²) in [5, 5.41) is 11.7. The summed E-state index contributed by atoms with van der Waals surface area (Å²) in [6.07, 6.45) is 5.21. The molecule has 2 aromatic heterocycles. The Hall–Kier alpha value is -1.58. The van der Waals surface area contributed by atoms with Gasteiger partial charge in [-0.1, -0.05) is 5.16 Å². The number of rotatable bonds is 4. The molecule has 0 aliphatic carbocycles. The van der Waals surface area contributed by atoms with Gasteiger partial charge in [0.05, 0.1) is 18.4 Å². The molecule has 1 saturated heterocycles. The topological polar surface area (TPSA) is 71.5 Å². The molecular formula is C17H27IN6O. The van der Waals surface area contributed by atoms with E-state index in [9.17, 15) is 0 Å². The van der Waals surface area contributed by atoms with Crippen molar-refractivity contribution in [1.82, 2.24) is 25.2 Å². The van der Waals surface area contributed by atoms with Crippen LogP contribution >= 0.6 is 24.0 Å². The van der Waals surface area contributed by atoms with E-state index in [4.69, 9.17) is 9.52 Å². The molecule has 138 valence electrons. The summed E-state index contributed by atoms with van der Waals surface area (Å²) in [5.74, 6) is 2.33. The fourth-order valence-corrected chi connectivity index (χ4v) is 3.18. The summed E-state index contributed by atoms with van der Waals surface area (Å²) in [4.78, 5) is 7.14. The number of aromatic nitrogens is 3. The number of aliphatic imine (C=N–C) groups is 1. The number of nitrogens with one attached hydrogen (secondary N) is 1. The summed E-state index contributed by atoms with van der Waals surface area (Å²) >= 11 is 0. The molecule has 8 heteroatoms. The zero-order valence-corrected chi connectivity index (χ0v) is 17.7. The molecule has 1 aliphatic rings. The van der Waals surface area contributed by atoms with E-state index in [1.165, 1.54) is 5.56 Å². The summed E-state index contributed by atoms with van der Waals surface area (Å²) in [6, 6.07) is 0. The van der Waals surface area contributed by atoms with Crippen molar-refractivity contribution in [1.29, 1.82) is 0 Å². The van der Waals surface area contributed by atoms with Crippen molar-refractivity contribution >= 4 is 29.9 Å². The van der Waals surface area contributed by atoms with Crippen LogP contribution < -0.4 is 5.32 Å². The van der Waals surface area contributed by atoms with Crippen molar-refractivity contribution in [2.45, 2.75) is 39.7 Å². The van der Waals surface area contributed by atoms with Gasteiger partial charge in [0.1, 0.15) is 5.76 Å². The van der Waals surface area contributed by atoms with Gasteiger partial charge < -0.3 is 14.7 Å². The standard InChI is InChI=1S/C17H26N6O.HI/c1-5-18-17(19-9-16-12(2)21-24-13(16)3)23-7-6-14(11-23)15-8-20-22(4)10-15;/h8,10,14H,5-7,9,11H2,1-4H3,(H,18,19);1H. The van der Waals surface area contributed by atoms with Gasteiger partial charge >= 0.3 is 0 Å². The summed E-state index contributed by atoms with van der Waals surface area (Å²) in [7, 11) is 1.96. The molecule has 25 heavy (non-hydrogen) atoms. The highest BCUT2D eigenvalue weighted by atomic mass is 127. The van der Waals surface area contributed by atoms with Gasteiger partial charge in [-0.15, -0.1) is 24.0 Å². The maximum Gasteiger partial charge on any atom is 0.194 e. The highest BCUT2D eigenvalue weighted by Crippen LogP contribution is 2.26. The molecule has 0 aromatic carbocycles. The van der Waals surface area contributed by atoms with Crippen molar-refractivity contribution in [2.24, 2.45) is 12.0 Å². The Kier molecular flexibility index (Phi) is 6.86. The maximum absolute atomic E-state index is 5.23. The summed E-state index contributed by atoms with van der Waals surface area (Å²) in [6.45, 7) is 9.42. The van der Waals surface area contributed by atoms with E-state index in [2.05, 4.69) is 33.6 Å². The lowest BCUT2D eigenvalue weighted by molar-refractivity contribution is 0.392. The Bertz CT molecular complexity index is 703. The minimum Gasteiger partial charge on any atom is -0.361 e. The van der Waals surface area contributed by atoms with Gasteiger partial charge in [-0.25, -0.2) is 4.99 Å². The molecule has 0 spiro atoms. The minimum absolute atomic E-state index is 0. The Morgan fingerprint density at radius 1 is 1.44 bits per heavy atom. The maximum atomic E-state index is 5.23. The molecule has 0 saturated carbocycles. The zero-order valence-electron chi connectivity index (χ0n) is 15.3. The predicted molar refractivity (Wildman–Crippen MR) is 108 cm³/mol. The molecule has 3 heterocycles. The van der Waals surface area contributed by atoms with Crippen LogP contribution in [-0.4, -0.2) is 45.4 Å². The lowest BCUT2D eigenvalue weighted by Crippen LogP contribution is -2.40. The van der Waals surface area contributed by atoms with Crippen LogP contribution in [0.15, 0.2) is 21.9 Å². The van der Waals surface area contributed by atoms with Gasteiger partial charge in [0.15, 0.2) is 5.96 Å². The smallest absolute Gasteiger partial charge is 0.194 e. The van der Waals surface area contributed by atoms with E-state index >= 15 is 0 Å². The van der Waals surface area contributed by atoms with Gasteiger partial charge in [-0.05, 0) is 32.8 Å². The quantitative estimate of drug-likeness (QED) is 0.434. The molecule has 0 amide bonds. The third kappa shape index (κ3) is 4.53. The van der Waals surface area contributed by atoms with Crippen molar-refractivity contribution in [3.8, 4) is 0 Å². The van der Waals surface area contributed by atoms with Crippen LogP contribution in [0.4, 0.5) is 0 Å². The number of guanidine groups is 1. The molecule has 1 aliphatic heterocycles. The van der Waals surface area contributed by atoms with Crippen LogP contribution in [-0.2, 0) is 13.6 Å². The highest BCUT2D eigenvalue weighted by Gasteiger charge is 2.27. The molecule has 1 fully saturated rings. The van der Waals surface area contributed by atoms with E-state index in [0.717, 1.165) is 49.0 Å². The van der Waals surface area contributed by atoms with Crippen LogP contribution in [0.2, 0.25) is 0 Å². The molecule has 3 rings (SSSR count). The van der Waals surface area contributed by atoms with E-state index in [1.807, 2.05) is 31.8 Å². The van der Waals surface area contributed by atoms with Gasteiger partial charge in [0.25, 0.3) is 0 Å². The third-order valence-corrected chi connectivity index (χ3v) is 4.59. The first kappa shape index (κ1) is 19.7. The lowest BCUT2D eigenvalue weighted by atomic mass is 10.0. The van der Waals surface area contributed by atoms with Crippen LogP contribution in [0.1, 0.15) is 41.8 Å². The average molecular weight is 458 g/mol. The van der Waals surface area contributed by atoms with Crippen molar-refractivity contribution in [3.63, 3.8) is 0 Å². The van der Waals surface area contributed by atoms with Gasteiger partial charge in [0.2, 0.25) is 0 Å². The van der Waals surface area contributed by atoms with Crippen molar-refractivity contribution in [3.05, 3.63) is 35.0 Å². The second-order valence-electron chi connectivity index (χ2n) is 6.35. The normalized spacial score (nSPS) is 17.7. The fraction of sp³-hybridized carbons (Fsp3) is 0.588. The van der Waals surface area contributed by atoms with Crippen molar-refractivity contribution in [2.75, 3.05) is 19.6 Å². The first-order valence-corrected chi connectivity index (χ1v) is 8.52. The van der Waals surface area contributed by atoms with Crippen molar-refractivity contribution < 1.29 is 4.52 Å². The average Bonchev–Trinajstić information content (AvgIpc) is 3.26. The number of aryl methyl sites for hydroxylation is 3. The second-order valence-corrected chi connectivity index (χ2v) is 6.35. The van der Waals surface area contributed by atoms with E-state index in [1.54, 1.807) is 0 Å². The summed E-state index contributed by atoms with van der Waals surface area (Å²) < 4.78 is 7.10. The number of hydrogen-bond acceptors (Lipinski definition) is 4. The third-order valence-electron chi connectivity index (χ3n) is 4.59. The number of halogens is 1. The predicted octanol–water partition coefficient (Wildman–Crippen LogP) is 2.60. The highest BCUT2D eigenvalue weighted by molar-refractivity contribution is 14.0. The molecule has 1 N–H and O–H groups in total. The molecule has 0 bridgehead atoms. The first-order valence-electron chi connectivity index (χ1n) is 8.52. The lowest BCUT2D eigenvalue weighted by Gasteiger charge is -2.21. The van der Waals surface area contributed by atoms with Crippen LogP contribution in [0.25, 0.3) is 0 Å². The van der Waals surface area contributed by atoms with Crippen LogP contribution in [0, 0.1) is 13.8 Å². The van der Waals surface area contributed by atoms with Crippen LogP contribution in [0.5, 0.6) is 0 Å². The monoisotopic (exact) mass is 458 g/mol. The number of nitrogens with zero attached hydrogens (tertiary/aromatic N) is 5. The molecule has 1 atom stereocenters. The molecule has 1 unspecified atom stereocenters. The number of hydrogen-bond donors (Lipinski definition) is 1. The Morgan fingerprint density at radius 3 is 2.84 bits per heavy atom. The first-order chi connectivity index (χ1) is 11.6. The molecule has 0 radical (unpaired) electrons. The fourth-order valence-electron chi connectivity index (χ4n) is 3.18.